The zero-order chi connectivity index (χ0) is 15.4. The first-order chi connectivity index (χ1) is 9.97. The summed E-state index contributed by atoms with van der Waals surface area (Å²) in [5.74, 6) is -1.43. The third kappa shape index (κ3) is 3.93. The van der Waals surface area contributed by atoms with E-state index in [1.807, 2.05) is 0 Å². The number of carbonyl (C=O) groups is 2. The Hall–Kier alpha value is -2.11. The Bertz CT molecular complexity index is 548. The van der Waals surface area contributed by atoms with Crippen LogP contribution < -0.4 is 5.73 Å². The molecule has 0 spiro atoms. The van der Waals surface area contributed by atoms with Gasteiger partial charge in [-0.25, -0.2) is 4.39 Å². The smallest absolute Gasteiger partial charge is 0.303 e. The van der Waals surface area contributed by atoms with Crippen molar-refractivity contribution in [2.24, 2.45) is 5.92 Å². The largest absolute Gasteiger partial charge is 0.481 e. The van der Waals surface area contributed by atoms with E-state index in [9.17, 15) is 14.0 Å². The van der Waals surface area contributed by atoms with Gasteiger partial charge in [0.2, 0.25) is 0 Å². The number of carboxylic acid groups (broad SMARTS) is 1. The van der Waals surface area contributed by atoms with Crippen LogP contribution in [0.1, 0.15) is 36.0 Å². The Labute approximate surface area is 122 Å². The highest BCUT2D eigenvalue weighted by molar-refractivity contribution is 5.99. The van der Waals surface area contributed by atoms with Crippen molar-refractivity contribution in [1.29, 1.82) is 0 Å². The van der Waals surface area contributed by atoms with Crippen molar-refractivity contribution in [1.82, 2.24) is 4.90 Å². The topological polar surface area (TPSA) is 83.6 Å². The lowest BCUT2D eigenvalue weighted by Gasteiger charge is -2.33. The predicted molar refractivity (Wildman–Crippen MR) is 76.3 cm³/mol. The van der Waals surface area contributed by atoms with E-state index in [4.69, 9.17) is 10.8 Å². The summed E-state index contributed by atoms with van der Waals surface area (Å²) in [4.78, 5) is 24.7. The molecule has 21 heavy (non-hydrogen) atoms. The predicted octanol–water partition coefficient (Wildman–Crippen LogP) is 2.12. The molecule has 2 rings (SSSR count). The van der Waals surface area contributed by atoms with E-state index in [-0.39, 0.29) is 29.5 Å². The number of halogens is 1. The van der Waals surface area contributed by atoms with Gasteiger partial charge in [0.05, 0.1) is 5.56 Å². The highest BCUT2D eigenvalue weighted by atomic mass is 19.1. The van der Waals surface area contributed by atoms with Crippen molar-refractivity contribution < 1.29 is 19.1 Å². The summed E-state index contributed by atoms with van der Waals surface area (Å²) in [6.45, 7) is 1.10. The Morgan fingerprint density at radius 2 is 2.19 bits per heavy atom. The highest BCUT2D eigenvalue weighted by Crippen LogP contribution is 2.24. The Morgan fingerprint density at radius 3 is 2.90 bits per heavy atom. The standard InChI is InChI=1S/C15H19FN2O3/c16-11-4-5-13(17)12(8-11)15(21)18-7-1-2-10(9-18)3-6-14(19)20/h4-5,8,10H,1-3,6-7,9,17H2,(H,19,20). The first kappa shape index (κ1) is 15.3. The minimum Gasteiger partial charge on any atom is -0.481 e. The minimum atomic E-state index is -0.826. The second-order valence-electron chi connectivity index (χ2n) is 5.42. The molecular weight excluding hydrogens is 275 g/mol. The number of carboxylic acids is 1. The Kier molecular flexibility index (Phi) is 4.77. The molecule has 0 aromatic heterocycles. The number of hydrogen-bond acceptors (Lipinski definition) is 3. The number of carbonyl (C=O) groups excluding carboxylic acids is 1. The van der Waals surface area contributed by atoms with Crippen LogP contribution in [0.5, 0.6) is 0 Å². The van der Waals surface area contributed by atoms with Crippen molar-refractivity contribution in [2.45, 2.75) is 25.7 Å². The maximum atomic E-state index is 13.3. The molecule has 1 saturated heterocycles. The number of anilines is 1. The van der Waals surface area contributed by atoms with Gasteiger partial charge in [0.15, 0.2) is 0 Å². The average Bonchev–Trinajstić information content (AvgIpc) is 2.47. The van der Waals surface area contributed by atoms with Crippen molar-refractivity contribution in [3.8, 4) is 0 Å². The molecule has 3 N–H and O–H groups in total. The van der Waals surface area contributed by atoms with Crippen LogP contribution >= 0.6 is 0 Å². The normalized spacial score (nSPS) is 18.5. The van der Waals surface area contributed by atoms with Gasteiger partial charge in [0.25, 0.3) is 5.91 Å². The zero-order valence-corrected chi connectivity index (χ0v) is 11.7. The van der Waals surface area contributed by atoms with Gasteiger partial charge in [0, 0.05) is 25.2 Å². The second kappa shape index (κ2) is 6.56. The molecule has 1 amide bonds. The average molecular weight is 294 g/mol. The number of nitrogens with two attached hydrogens (primary N) is 1. The first-order valence-corrected chi connectivity index (χ1v) is 7.03. The van der Waals surface area contributed by atoms with Crippen LogP contribution in [0.4, 0.5) is 10.1 Å². The quantitative estimate of drug-likeness (QED) is 0.833. The maximum absolute atomic E-state index is 13.3. The van der Waals surface area contributed by atoms with Crippen LogP contribution in [-0.4, -0.2) is 35.0 Å². The van der Waals surface area contributed by atoms with Gasteiger partial charge in [-0.15, -0.1) is 0 Å². The molecule has 1 heterocycles. The molecule has 0 saturated carbocycles. The van der Waals surface area contributed by atoms with Gasteiger partial charge >= 0.3 is 5.97 Å². The maximum Gasteiger partial charge on any atom is 0.303 e. The summed E-state index contributed by atoms with van der Waals surface area (Å²) in [6, 6.07) is 3.75. The molecular formula is C15H19FN2O3. The van der Waals surface area contributed by atoms with Crippen molar-refractivity contribution >= 4 is 17.6 Å². The van der Waals surface area contributed by atoms with E-state index >= 15 is 0 Å². The SMILES string of the molecule is Nc1ccc(F)cc1C(=O)N1CCCC(CCC(=O)O)C1. The third-order valence-electron chi connectivity index (χ3n) is 3.82. The molecule has 114 valence electrons. The summed E-state index contributed by atoms with van der Waals surface area (Å²) in [7, 11) is 0. The molecule has 1 aromatic rings. The molecule has 0 radical (unpaired) electrons. The van der Waals surface area contributed by atoms with Gasteiger partial charge in [0.1, 0.15) is 5.82 Å². The zero-order valence-electron chi connectivity index (χ0n) is 11.7. The van der Waals surface area contributed by atoms with Crippen LogP contribution in [0.15, 0.2) is 18.2 Å². The Balaban J connectivity index is 2.05. The number of aliphatic carboxylic acids is 1. The van der Waals surface area contributed by atoms with Crippen LogP contribution in [-0.2, 0) is 4.79 Å². The van der Waals surface area contributed by atoms with Gasteiger partial charge in [-0.1, -0.05) is 0 Å². The highest BCUT2D eigenvalue weighted by Gasteiger charge is 2.26. The van der Waals surface area contributed by atoms with Crippen LogP contribution in [0.2, 0.25) is 0 Å². The number of piperidine rings is 1. The van der Waals surface area contributed by atoms with Gasteiger partial charge < -0.3 is 15.7 Å². The second-order valence-corrected chi connectivity index (χ2v) is 5.42. The first-order valence-electron chi connectivity index (χ1n) is 7.03. The Morgan fingerprint density at radius 1 is 1.43 bits per heavy atom. The van der Waals surface area contributed by atoms with Crippen LogP contribution in [0, 0.1) is 11.7 Å². The van der Waals surface area contributed by atoms with E-state index in [1.165, 1.54) is 12.1 Å². The number of benzene rings is 1. The number of amides is 1. The monoisotopic (exact) mass is 294 g/mol. The molecule has 6 heteroatoms. The molecule has 1 fully saturated rings. The number of nitrogen functional groups attached to an aromatic ring is 1. The van der Waals surface area contributed by atoms with E-state index in [2.05, 4.69) is 0 Å². The van der Waals surface area contributed by atoms with Crippen molar-refractivity contribution in [3.05, 3.63) is 29.6 Å². The summed E-state index contributed by atoms with van der Waals surface area (Å²) in [5, 5.41) is 8.73. The van der Waals surface area contributed by atoms with Gasteiger partial charge in [-0.3, -0.25) is 9.59 Å². The fraction of sp³-hybridized carbons (Fsp3) is 0.467. The number of likely N-dealkylation sites (tertiary alicyclic amines) is 1. The molecule has 1 unspecified atom stereocenters. The number of rotatable bonds is 4. The molecule has 1 aromatic carbocycles. The molecule has 1 aliphatic heterocycles. The molecule has 0 bridgehead atoms. The van der Waals surface area contributed by atoms with Crippen LogP contribution in [0.25, 0.3) is 0 Å². The molecule has 1 atom stereocenters. The van der Waals surface area contributed by atoms with Gasteiger partial charge in [-0.05, 0) is 43.4 Å². The number of nitrogens with zero attached hydrogens (tertiary/aromatic N) is 1. The summed E-state index contributed by atoms with van der Waals surface area (Å²) in [5.41, 5.74) is 6.17. The van der Waals surface area contributed by atoms with Gasteiger partial charge in [-0.2, -0.15) is 0 Å². The summed E-state index contributed by atoms with van der Waals surface area (Å²) in [6.07, 6.45) is 2.40. The minimum absolute atomic E-state index is 0.106. The molecule has 1 aliphatic rings. The lowest BCUT2D eigenvalue weighted by atomic mass is 9.93. The van der Waals surface area contributed by atoms with Crippen LogP contribution in [0.3, 0.4) is 0 Å². The number of hydrogen-bond donors (Lipinski definition) is 2. The van der Waals surface area contributed by atoms with E-state index < -0.39 is 11.8 Å². The lowest BCUT2D eigenvalue weighted by Crippen LogP contribution is -2.40. The lowest BCUT2D eigenvalue weighted by molar-refractivity contribution is -0.137. The summed E-state index contributed by atoms with van der Waals surface area (Å²) < 4.78 is 13.3. The fourth-order valence-electron chi connectivity index (χ4n) is 2.70. The van der Waals surface area contributed by atoms with E-state index in [1.54, 1.807) is 4.90 Å². The van der Waals surface area contributed by atoms with Crippen molar-refractivity contribution in [2.75, 3.05) is 18.8 Å². The summed E-state index contributed by atoms with van der Waals surface area (Å²) >= 11 is 0. The third-order valence-corrected chi connectivity index (χ3v) is 3.82. The fourth-order valence-corrected chi connectivity index (χ4v) is 2.70. The molecule has 5 nitrogen and oxygen atoms in total. The van der Waals surface area contributed by atoms with E-state index in [0.29, 0.717) is 19.5 Å². The van der Waals surface area contributed by atoms with Crippen molar-refractivity contribution in [3.63, 3.8) is 0 Å². The molecule has 0 aliphatic carbocycles. The van der Waals surface area contributed by atoms with E-state index in [0.717, 1.165) is 18.9 Å².